The first kappa shape index (κ1) is 26.9. The van der Waals surface area contributed by atoms with Crippen LogP contribution >= 0.6 is 11.6 Å². The lowest BCUT2D eigenvalue weighted by Gasteiger charge is -2.27. The van der Waals surface area contributed by atoms with Crippen LogP contribution in [-0.4, -0.2) is 52.8 Å². The highest BCUT2D eigenvalue weighted by Crippen LogP contribution is 2.39. The van der Waals surface area contributed by atoms with Crippen molar-refractivity contribution in [2.24, 2.45) is 0 Å². The quantitative estimate of drug-likeness (QED) is 0.214. The molecular weight excluding hydrogens is 467 g/mol. The molecule has 1 fully saturated rings. The lowest BCUT2D eigenvalue weighted by atomic mass is 9.95. The molecule has 1 aliphatic rings. The van der Waals surface area contributed by atoms with E-state index < -0.39 is 23.5 Å². The highest BCUT2D eigenvalue weighted by Gasteiger charge is 2.45. The molecule has 1 atom stereocenters. The minimum absolute atomic E-state index is 0.0308. The molecule has 35 heavy (non-hydrogen) atoms. The van der Waals surface area contributed by atoms with E-state index >= 15 is 0 Å². The van der Waals surface area contributed by atoms with E-state index in [0.29, 0.717) is 29.1 Å². The standard InChI is InChI=1S/C28H34ClFN2O3/c1-3-5-15-31(16-6-4-2)17-8-18-32-25(21-9-7-10-23(30)19-21)24(27(34)28(32)35)26(33)20-11-13-22(29)14-12-20/h7,9-14,19,25,33H,3-6,8,15-18H2,1-2H3/t25-/m0/s1. The van der Waals surface area contributed by atoms with Gasteiger partial charge in [0, 0.05) is 17.1 Å². The summed E-state index contributed by atoms with van der Waals surface area (Å²) in [6, 6.07) is 11.4. The van der Waals surface area contributed by atoms with Gasteiger partial charge in [0.25, 0.3) is 11.7 Å². The summed E-state index contributed by atoms with van der Waals surface area (Å²) in [7, 11) is 0. The third-order valence-electron chi connectivity index (χ3n) is 6.35. The Morgan fingerprint density at radius 3 is 2.23 bits per heavy atom. The predicted octanol–water partition coefficient (Wildman–Crippen LogP) is 6.19. The fraction of sp³-hybridized carbons (Fsp3) is 0.429. The van der Waals surface area contributed by atoms with Crippen molar-refractivity contribution < 1.29 is 19.1 Å². The van der Waals surface area contributed by atoms with Crippen molar-refractivity contribution in [3.05, 3.63) is 76.1 Å². The second kappa shape index (κ2) is 12.8. The number of carbonyl (C=O) groups excluding carboxylic acids is 2. The Morgan fingerprint density at radius 2 is 1.63 bits per heavy atom. The second-order valence-electron chi connectivity index (χ2n) is 8.96. The number of unbranched alkanes of at least 4 members (excludes halogenated alkanes) is 2. The highest BCUT2D eigenvalue weighted by atomic mass is 35.5. The van der Waals surface area contributed by atoms with Crippen LogP contribution in [0.15, 0.2) is 54.1 Å². The maximum absolute atomic E-state index is 14.1. The molecule has 1 amide bonds. The number of aliphatic hydroxyl groups is 1. The summed E-state index contributed by atoms with van der Waals surface area (Å²) >= 11 is 5.97. The molecule has 3 rings (SSSR count). The van der Waals surface area contributed by atoms with Crippen molar-refractivity contribution in [1.82, 2.24) is 9.80 Å². The summed E-state index contributed by atoms with van der Waals surface area (Å²) in [6.45, 7) is 7.46. The molecule has 1 aliphatic heterocycles. The third kappa shape index (κ3) is 6.71. The molecule has 1 N–H and O–H groups in total. The molecule has 188 valence electrons. The maximum Gasteiger partial charge on any atom is 0.295 e. The van der Waals surface area contributed by atoms with E-state index in [9.17, 15) is 19.1 Å². The first-order valence-electron chi connectivity index (χ1n) is 12.4. The van der Waals surface area contributed by atoms with Gasteiger partial charge in [0.15, 0.2) is 0 Å². The summed E-state index contributed by atoms with van der Waals surface area (Å²) < 4.78 is 14.1. The number of Topliss-reactive ketones (excluding diaryl/α,β-unsaturated/α-hetero) is 1. The van der Waals surface area contributed by atoms with Crippen LogP contribution < -0.4 is 0 Å². The van der Waals surface area contributed by atoms with Gasteiger partial charge in [-0.3, -0.25) is 9.59 Å². The normalized spacial score (nSPS) is 17.5. The topological polar surface area (TPSA) is 60.9 Å². The van der Waals surface area contributed by atoms with Gasteiger partial charge in [-0.05, 0) is 80.9 Å². The fourth-order valence-electron chi connectivity index (χ4n) is 4.46. The molecule has 0 radical (unpaired) electrons. The molecule has 1 heterocycles. The second-order valence-corrected chi connectivity index (χ2v) is 9.39. The number of hydrogen-bond acceptors (Lipinski definition) is 4. The fourth-order valence-corrected chi connectivity index (χ4v) is 4.59. The number of hydrogen-bond donors (Lipinski definition) is 1. The van der Waals surface area contributed by atoms with Crippen molar-refractivity contribution in [3.8, 4) is 0 Å². The number of amides is 1. The molecule has 0 aromatic heterocycles. The molecule has 0 spiro atoms. The minimum Gasteiger partial charge on any atom is -0.507 e. The van der Waals surface area contributed by atoms with Crippen molar-refractivity contribution in [1.29, 1.82) is 0 Å². The van der Waals surface area contributed by atoms with Crippen LogP contribution in [0.5, 0.6) is 0 Å². The minimum atomic E-state index is -0.860. The van der Waals surface area contributed by atoms with Crippen LogP contribution in [0.4, 0.5) is 4.39 Å². The number of likely N-dealkylation sites (tertiary alicyclic amines) is 1. The molecule has 1 saturated heterocycles. The summed E-state index contributed by atoms with van der Waals surface area (Å²) in [5.41, 5.74) is 0.796. The smallest absolute Gasteiger partial charge is 0.295 e. The molecule has 0 saturated carbocycles. The zero-order valence-corrected chi connectivity index (χ0v) is 21.2. The van der Waals surface area contributed by atoms with Crippen molar-refractivity contribution in [3.63, 3.8) is 0 Å². The number of ketones is 1. The van der Waals surface area contributed by atoms with E-state index in [1.165, 1.54) is 17.0 Å². The number of nitrogens with zero attached hydrogens (tertiary/aromatic N) is 2. The largest absolute Gasteiger partial charge is 0.507 e. The third-order valence-corrected chi connectivity index (χ3v) is 6.60. The Hall–Kier alpha value is -2.70. The van der Waals surface area contributed by atoms with Crippen LogP contribution in [0.2, 0.25) is 5.02 Å². The van der Waals surface area contributed by atoms with E-state index in [1.54, 1.807) is 36.4 Å². The lowest BCUT2D eigenvalue weighted by Crippen LogP contribution is -2.34. The van der Waals surface area contributed by atoms with Gasteiger partial charge in [0.05, 0.1) is 11.6 Å². The molecule has 0 unspecified atom stereocenters. The molecule has 0 bridgehead atoms. The predicted molar refractivity (Wildman–Crippen MR) is 138 cm³/mol. The number of carbonyl (C=O) groups is 2. The van der Waals surface area contributed by atoms with E-state index in [-0.39, 0.29) is 11.3 Å². The van der Waals surface area contributed by atoms with Gasteiger partial charge in [0.2, 0.25) is 0 Å². The summed E-state index contributed by atoms with van der Waals surface area (Å²) in [5.74, 6) is -2.20. The average Bonchev–Trinajstić information content (AvgIpc) is 3.10. The molecule has 2 aromatic carbocycles. The SMILES string of the molecule is CCCCN(CCCC)CCCN1C(=O)C(=O)C(=C(O)c2ccc(Cl)cc2)[C@@H]1c1cccc(F)c1. The Bertz CT molecular complexity index is 1050. The number of benzene rings is 2. The zero-order valence-electron chi connectivity index (χ0n) is 20.5. The van der Waals surface area contributed by atoms with Gasteiger partial charge in [0.1, 0.15) is 11.6 Å². The Labute approximate surface area is 212 Å². The average molecular weight is 501 g/mol. The molecule has 0 aliphatic carbocycles. The zero-order chi connectivity index (χ0) is 25.4. The summed E-state index contributed by atoms with van der Waals surface area (Å²) in [4.78, 5) is 30.1. The van der Waals surface area contributed by atoms with E-state index in [4.69, 9.17) is 11.6 Å². The van der Waals surface area contributed by atoms with Gasteiger partial charge in [-0.1, -0.05) is 50.4 Å². The molecule has 5 nitrogen and oxygen atoms in total. The van der Waals surface area contributed by atoms with E-state index in [1.807, 2.05) is 0 Å². The van der Waals surface area contributed by atoms with E-state index in [0.717, 1.165) is 45.3 Å². The van der Waals surface area contributed by atoms with Crippen LogP contribution in [0.3, 0.4) is 0 Å². The van der Waals surface area contributed by atoms with Crippen LogP contribution in [0, 0.1) is 5.82 Å². The Morgan fingerprint density at radius 1 is 1.00 bits per heavy atom. The number of halogens is 2. The first-order valence-corrected chi connectivity index (χ1v) is 12.8. The van der Waals surface area contributed by atoms with Gasteiger partial charge >= 0.3 is 0 Å². The molecule has 7 heteroatoms. The monoisotopic (exact) mass is 500 g/mol. The van der Waals surface area contributed by atoms with Crippen LogP contribution in [0.25, 0.3) is 5.76 Å². The Balaban J connectivity index is 1.91. The van der Waals surface area contributed by atoms with Gasteiger partial charge in [-0.15, -0.1) is 0 Å². The van der Waals surface area contributed by atoms with Crippen molar-refractivity contribution >= 4 is 29.1 Å². The van der Waals surface area contributed by atoms with E-state index in [2.05, 4.69) is 18.7 Å². The van der Waals surface area contributed by atoms with Crippen LogP contribution in [0.1, 0.15) is 63.1 Å². The molecular formula is C28H34ClFN2O3. The first-order chi connectivity index (χ1) is 16.9. The lowest BCUT2D eigenvalue weighted by molar-refractivity contribution is -0.140. The molecule has 2 aromatic rings. The highest BCUT2D eigenvalue weighted by molar-refractivity contribution is 6.46. The van der Waals surface area contributed by atoms with Gasteiger partial charge in [-0.25, -0.2) is 4.39 Å². The Kier molecular flexibility index (Phi) is 9.87. The summed E-state index contributed by atoms with van der Waals surface area (Å²) in [5, 5.41) is 11.5. The summed E-state index contributed by atoms with van der Waals surface area (Å²) in [6.07, 6.45) is 5.12. The van der Waals surface area contributed by atoms with Gasteiger partial charge in [-0.2, -0.15) is 0 Å². The van der Waals surface area contributed by atoms with Crippen LogP contribution in [-0.2, 0) is 9.59 Å². The number of rotatable bonds is 12. The van der Waals surface area contributed by atoms with Gasteiger partial charge < -0.3 is 14.9 Å². The number of aliphatic hydroxyl groups excluding tert-OH is 1. The van der Waals surface area contributed by atoms with Crippen molar-refractivity contribution in [2.45, 2.75) is 52.0 Å². The maximum atomic E-state index is 14.1. The van der Waals surface area contributed by atoms with Crippen molar-refractivity contribution in [2.75, 3.05) is 26.2 Å².